The van der Waals surface area contributed by atoms with E-state index in [2.05, 4.69) is 26.1 Å². The van der Waals surface area contributed by atoms with Gasteiger partial charge in [-0.15, -0.1) is 10.2 Å². The number of fused-ring (bicyclic) bond motifs is 1. The van der Waals surface area contributed by atoms with Crippen molar-refractivity contribution in [1.29, 1.82) is 0 Å². The number of nitrogens with zero attached hydrogens (tertiary/aromatic N) is 3. The number of aliphatic hydroxyl groups is 1. The number of ether oxygens (including phenoxy) is 4. The zero-order valence-corrected chi connectivity index (χ0v) is 25.3. The number of hydrogen-bond acceptors (Lipinski definition) is 13. The number of anilines is 2. The second-order valence-electron chi connectivity index (χ2n) is 9.20. The Bertz CT molecular complexity index is 1840. The van der Waals surface area contributed by atoms with Crippen LogP contribution in [-0.2, 0) is 14.9 Å². The highest BCUT2D eigenvalue weighted by atomic mass is 32.2. The van der Waals surface area contributed by atoms with Gasteiger partial charge >= 0.3 is 0 Å². The van der Waals surface area contributed by atoms with Crippen LogP contribution >= 0.6 is 0 Å². The molecular formula is C29H29N5O10S. The van der Waals surface area contributed by atoms with E-state index in [9.17, 15) is 22.6 Å². The van der Waals surface area contributed by atoms with Gasteiger partial charge < -0.3 is 29.4 Å². The molecule has 0 aromatic heterocycles. The molecule has 0 aliphatic heterocycles. The van der Waals surface area contributed by atoms with Gasteiger partial charge in [0.1, 0.15) is 45.8 Å². The van der Waals surface area contributed by atoms with Crippen LogP contribution in [0.25, 0.3) is 6.08 Å². The summed E-state index contributed by atoms with van der Waals surface area (Å²) in [5.74, 6) is 0.0420. The van der Waals surface area contributed by atoms with Crippen molar-refractivity contribution in [2.24, 2.45) is 15.3 Å². The van der Waals surface area contributed by atoms with E-state index in [1.807, 2.05) is 0 Å². The van der Waals surface area contributed by atoms with Crippen molar-refractivity contribution in [3.05, 3.63) is 64.6 Å². The number of carbonyl (C=O) groups is 2. The van der Waals surface area contributed by atoms with Gasteiger partial charge in [-0.2, -0.15) is 13.5 Å². The fraction of sp³-hybridized carbons (Fsp3) is 0.207. The number of benzene rings is 3. The van der Waals surface area contributed by atoms with Crippen LogP contribution in [-0.4, -0.2) is 70.0 Å². The van der Waals surface area contributed by atoms with E-state index in [1.54, 1.807) is 18.2 Å². The Kier molecular flexibility index (Phi) is 10.1. The summed E-state index contributed by atoms with van der Waals surface area (Å²) in [5, 5.41) is 24.2. The Hall–Kier alpha value is -5.32. The first-order valence-corrected chi connectivity index (χ1v) is 14.5. The highest BCUT2D eigenvalue weighted by Gasteiger charge is 2.33. The van der Waals surface area contributed by atoms with Gasteiger partial charge in [-0.3, -0.25) is 19.6 Å². The zero-order valence-electron chi connectivity index (χ0n) is 24.5. The van der Waals surface area contributed by atoms with E-state index in [1.165, 1.54) is 58.6 Å². The minimum atomic E-state index is -4.91. The number of ketones is 1. The number of carbonyl (C=O) groups excluding carboxylic acids is 2. The Morgan fingerprint density at radius 2 is 1.64 bits per heavy atom. The number of allylic oxidation sites excluding steroid dienone is 1. The molecule has 0 bridgehead atoms. The number of amides is 1. The number of hydrazone groups is 1. The summed E-state index contributed by atoms with van der Waals surface area (Å²) in [6.07, 6.45) is 1.08. The molecule has 0 atom stereocenters. The molecule has 0 radical (unpaired) electrons. The summed E-state index contributed by atoms with van der Waals surface area (Å²) in [7, 11) is -0.660. The lowest BCUT2D eigenvalue weighted by Gasteiger charge is -2.18. The van der Waals surface area contributed by atoms with E-state index in [0.717, 1.165) is 6.08 Å². The van der Waals surface area contributed by atoms with Crippen LogP contribution in [0.3, 0.4) is 0 Å². The number of Topliss-reactive ketones (excluding diaryl/α,β-unsaturated/α-hetero) is 1. The second-order valence-corrected chi connectivity index (χ2v) is 10.6. The number of rotatable bonds is 12. The minimum absolute atomic E-state index is 0.0242. The number of hydrogen-bond donors (Lipinski definition) is 4. The van der Waals surface area contributed by atoms with Crippen molar-refractivity contribution < 1.29 is 46.6 Å². The predicted molar refractivity (Wildman–Crippen MR) is 165 cm³/mol. The van der Waals surface area contributed by atoms with Crippen LogP contribution in [0, 0.1) is 0 Å². The van der Waals surface area contributed by atoms with Crippen LogP contribution in [0.1, 0.15) is 22.8 Å². The molecule has 15 nitrogen and oxygen atoms in total. The van der Waals surface area contributed by atoms with Gasteiger partial charge in [-0.1, -0.05) is 0 Å². The lowest BCUT2D eigenvalue weighted by molar-refractivity contribution is -0.114. The Labute approximate surface area is 257 Å². The van der Waals surface area contributed by atoms with E-state index in [-0.39, 0.29) is 53.1 Å². The fourth-order valence-electron chi connectivity index (χ4n) is 4.17. The quantitative estimate of drug-likeness (QED) is 0.124. The molecule has 0 fully saturated rings. The standard InChI is InChI=1S/C29H29N5O10S/c1-16(36)30-18-5-7-20-17(11-18)12-27(45(38,39)40)28(29(20)37)34-33-23-15-24(42-3)22(14-25(23)43-4)32-31-21-8-6-19(41-2)13-26(21)44-10-9-35/h5-8,11-15,33,35H,9-10H2,1-4H3,(H,30,36)(H,38,39,40)/b32-31+,34-28-. The molecule has 0 saturated heterocycles. The number of methoxy groups -OCH3 is 3. The smallest absolute Gasteiger partial charge is 0.296 e. The first-order valence-electron chi connectivity index (χ1n) is 13.1. The summed E-state index contributed by atoms with van der Waals surface area (Å²) >= 11 is 0. The molecule has 3 aromatic carbocycles. The first-order chi connectivity index (χ1) is 21.5. The molecule has 0 unspecified atom stereocenters. The lowest BCUT2D eigenvalue weighted by Crippen LogP contribution is -2.27. The van der Waals surface area contributed by atoms with Gasteiger partial charge in [0.05, 0.1) is 27.9 Å². The molecule has 0 heterocycles. The Morgan fingerprint density at radius 1 is 0.911 bits per heavy atom. The maximum atomic E-state index is 13.3. The van der Waals surface area contributed by atoms with E-state index >= 15 is 0 Å². The highest BCUT2D eigenvalue weighted by Crippen LogP contribution is 2.40. The average Bonchev–Trinajstić information content (AvgIpc) is 3.01. The number of aliphatic hydroxyl groups excluding tert-OH is 1. The Balaban J connectivity index is 1.70. The van der Waals surface area contributed by atoms with Gasteiger partial charge in [-0.25, -0.2) is 0 Å². The molecule has 3 aromatic rings. The van der Waals surface area contributed by atoms with Gasteiger partial charge in [0.25, 0.3) is 10.1 Å². The second kappa shape index (κ2) is 14.0. The molecule has 45 heavy (non-hydrogen) atoms. The summed E-state index contributed by atoms with van der Waals surface area (Å²) < 4.78 is 56.1. The van der Waals surface area contributed by atoms with E-state index in [0.29, 0.717) is 22.9 Å². The molecule has 4 rings (SSSR count). The molecule has 1 aliphatic carbocycles. The van der Waals surface area contributed by atoms with E-state index < -0.39 is 26.5 Å². The third-order valence-corrected chi connectivity index (χ3v) is 7.07. The summed E-state index contributed by atoms with van der Waals surface area (Å²) in [6.45, 7) is 1.11. The van der Waals surface area contributed by atoms with Crippen LogP contribution in [0.2, 0.25) is 0 Å². The molecule has 1 amide bonds. The highest BCUT2D eigenvalue weighted by molar-refractivity contribution is 7.91. The molecule has 4 N–H and O–H groups in total. The van der Waals surface area contributed by atoms with Crippen molar-refractivity contribution in [1.82, 2.24) is 0 Å². The van der Waals surface area contributed by atoms with Crippen LogP contribution in [0.4, 0.5) is 22.7 Å². The zero-order chi connectivity index (χ0) is 32.7. The lowest BCUT2D eigenvalue weighted by atomic mass is 9.94. The largest absolute Gasteiger partial charge is 0.497 e. The predicted octanol–water partition coefficient (Wildman–Crippen LogP) is 4.35. The van der Waals surface area contributed by atoms with Crippen molar-refractivity contribution in [3.8, 4) is 23.0 Å². The van der Waals surface area contributed by atoms with E-state index in [4.69, 9.17) is 24.1 Å². The molecular weight excluding hydrogens is 610 g/mol. The van der Waals surface area contributed by atoms with Crippen molar-refractivity contribution in [2.75, 3.05) is 45.3 Å². The normalized spacial score (nSPS) is 13.7. The van der Waals surface area contributed by atoms with Crippen molar-refractivity contribution >= 4 is 56.3 Å². The molecule has 0 saturated carbocycles. The van der Waals surface area contributed by atoms with Gasteiger partial charge in [0.2, 0.25) is 11.7 Å². The van der Waals surface area contributed by atoms with Crippen molar-refractivity contribution in [3.63, 3.8) is 0 Å². The SMILES string of the molecule is COc1ccc(/N=N/c2cc(OC)c(N/N=C3\C(=O)c4ccc(NC(C)=O)cc4C=C3S(=O)(=O)O)cc2OC)c(OCCO)c1. The molecule has 16 heteroatoms. The summed E-state index contributed by atoms with van der Waals surface area (Å²) in [5.41, 5.74) is 3.34. The number of azo groups is 1. The minimum Gasteiger partial charge on any atom is -0.497 e. The molecule has 236 valence electrons. The summed E-state index contributed by atoms with van der Waals surface area (Å²) in [6, 6.07) is 12.1. The Morgan fingerprint density at radius 3 is 2.29 bits per heavy atom. The molecule has 0 spiro atoms. The van der Waals surface area contributed by atoms with Crippen molar-refractivity contribution in [2.45, 2.75) is 6.92 Å². The fourth-order valence-corrected chi connectivity index (χ4v) is 4.83. The van der Waals surface area contributed by atoms with Crippen LogP contribution in [0.15, 0.2) is 68.8 Å². The monoisotopic (exact) mass is 639 g/mol. The van der Waals surface area contributed by atoms with Crippen LogP contribution < -0.4 is 29.7 Å². The van der Waals surface area contributed by atoms with Gasteiger partial charge in [0.15, 0.2) is 11.5 Å². The topological polar surface area (TPSA) is 207 Å². The summed E-state index contributed by atoms with van der Waals surface area (Å²) in [4.78, 5) is 24.0. The average molecular weight is 640 g/mol. The third-order valence-electron chi connectivity index (χ3n) is 6.20. The number of nitrogens with one attached hydrogen (secondary N) is 2. The van der Waals surface area contributed by atoms with Crippen LogP contribution in [0.5, 0.6) is 23.0 Å². The maximum Gasteiger partial charge on any atom is 0.296 e. The maximum absolute atomic E-state index is 13.3. The molecule has 1 aliphatic rings. The first kappa shape index (κ1) is 32.6. The van der Waals surface area contributed by atoms with Gasteiger partial charge in [-0.05, 0) is 42.0 Å². The van der Waals surface area contributed by atoms with Gasteiger partial charge in [0, 0.05) is 36.4 Å². The third kappa shape index (κ3) is 7.61.